The van der Waals surface area contributed by atoms with Crippen LogP contribution in [0.4, 0.5) is 0 Å². The second kappa shape index (κ2) is 10.7. The van der Waals surface area contributed by atoms with Crippen LogP contribution in [0, 0.1) is 0 Å². The van der Waals surface area contributed by atoms with Crippen molar-refractivity contribution in [3.63, 3.8) is 0 Å². The predicted octanol–water partition coefficient (Wildman–Crippen LogP) is 10.2. The summed E-state index contributed by atoms with van der Waals surface area (Å²) in [5, 5.41) is 0. The molecule has 1 unspecified atom stereocenters. The molecule has 1 aliphatic carbocycles. The fraction of sp³-hybridized carbons (Fsp3) is 0.0556. The maximum Gasteiger partial charge on any atom is 0.119 e. The van der Waals surface area contributed by atoms with Gasteiger partial charge in [0.1, 0.15) is 12.4 Å². The molecule has 0 fully saturated rings. The lowest BCUT2D eigenvalue weighted by Gasteiger charge is -2.14. The first-order valence-corrected chi connectivity index (χ1v) is 13.6. The number of benzene rings is 5. The van der Waals surface area contributed by atoms with Crippen LogP contribution >= 0.6 is 15.9 Å². The first-order chi connectivity index (χ1) is 18.7. The molecule has 0 aliphatic heterocycles. The van der Waals surface area contributed by atoms with E-state index in [1.807, 2.05) is 18.2 Å². The van der Waals surface area contributed by atoms with Crippen LogP contribution in [0.1, 0.15) is 33.7 Å². The van der Waals surface area contributed by atoms with Gasteiger partial charge in [0.2, 0.25) is 0 Å². The highest BCUT2D eigenvalue weighted by atomic mass is 79.9. The van der Waals surface area contributed by atoms with Gasteiger partial charge in [0.15, 0.2) is 0 Å². The van der Waals surface area contributed by atoms with Crippen LogP contribution in [-0.4, -0.2) is 0 Å². The van der Waals surface area contributed by atoms with E-state index in [2.05, 4.69) is 138 Å². The van der Waals surface area contributed by atoms with E-state index in [9.17, 15) is 0 Å². The topological polar surface area (TPSA) is 9.23 Å². The van der Waals surface area contributed by atoms with E-state index in [1.54, 1.807) is 0 Å². The first kappa shape index (κ1) is 24.2. The minimum atomic E-state index is 0.286. The van der Waals surface area contributed by atoms with Crippen LogP contribution in [0.15, 0.2) is 132 Å². The van der Waals surface area contributed by atoms with E-state index in [0.29, 0.717) is 6.61 Å². The van der Waals surface area contributed by atoms with Crippen molar-refractivity contribution < 1.29 is 4.74 Å². The largest absolute Gasteiger partial charge is 0.489 e. The average molecular weight is 556 g/mol. The fourth-order valence-corrected chi connectivity index (χ4v) is 5.23. The molecule has 0 amide bonds. The molecule has 0 radical (unpaired) electrons. The van der Waals surface area contributed by atoms with Crippen LogP contribution in [0.5, 0.6) is 5.75 Å². The highest BCUT2D eigenvalue weighted by Gasteiger charge is 2.19. The van der Waals surface area contributed by atoms with Gasteiger partial charge >= 0.3 is 0 Å². The molecule has 1 nitrogen and oxygen atoms in total. The van der Waals surface area contributed by atoms with Gasteiger partial charge in [0.05, 0.1) is 0 Å². The Balaban J connectivity index is 1.14. The van der Waals surface area contributed by atoms with Gasteiger partial charge in [-0.3, -0.25) is 0 Å². The Morgan fingerprint density at radius 2 is 1.29 bits per heavy atom. The summed E-state index contributed by atoms with van der Waals surface area (Å²) in [6, 6.07) is 40.8. The van der Waals surface area contributed by atoms with Gasteiger partial charge in [0, 0.05) is 10.4 Å². The van der Waals surface area contributed by atoms with E-state index < -0.39 is 0 Å². The lowest BCUT2D eigenvalue weighted by atomic mass is 9.90. The van der Waals surface area contributed by atoms with Gasteiger partial charge < -0.3 is 4.74 Å². The molecule has 0 aromatic heterocycles. The van der Waals surface area contributed by atoms with Gasteiger partial charge in [-0.15, -0.1) is 0 Å². The average Bonchev–Trinajstić information content (AvgIpc) is 3.40. The van der Waals surface area contributed by atoms with Gasteiger partial charge in [0.25, 0.3) is 0 Å². The van der Waals surface area contributed by atoms with Gasteiger partial charge in [-0.25, -0.2) is 0 Å². The van der Waals surface area contributed by atoms with Crippen molar-refractivity contribution in [3.05, 3.63) is 160 Å². The number of allylic oxidation sites excluding steroid dienone is 1. The Hall–Kier alpha value is -4.14. The molecule has 0 bridgehead atoms. The quantitative estimate of drug-likeness (QED) is 0.194. The van der Waals surface area contributed by atoms with Crippen molar-refractivity contribution in [2.45, 2.75) is 12.5 Å². The van der Waals surface area contributed by atoms with E-state index >= 15 is 0 Å². The van der Waals surface area contributed by atoms with Crippen molar-refractivity contribution in [1.82, 2.24) is 0 Å². The van der Waals surface area contributed by atoms with Crippen LogP contribution < -0.4 is 4.74 Å². The van der Waals surface area contributed by atoms with Crippen molar-refractivity contribution in [2.75, 3.05) is 0 Å². The summed E-state index contributed by atoms with van der Waals surface area (Å²) in [5.41, 5.74) is 11.1. The fourth-order valence-electron chi connectivity index (χ4n) is 4.96. The highest BCUT2D eigenvalue weighted by molar-refractivity contribution is 9.10. The predicted molar refractivity (Wildman–Crippen MR) is 163 cm³/mol. The summed E-state index contributed by atoms with van der Waals surface area (Å²) in [4.78, 5) is 0. The summed E-state index contributed by atoms with van der Waals surface area (Å²) >= 11 is 3.52. The van der Waals surface area contributed by atoms with Crippen LogP contribution in [0.25, 0.3) is 34.4 Å². The monoisotopic (exact) mass is 554 g/mol. The minimum absolute atomic E-state index is 0.286. The SMILES string of the molecule is C=Cc1ccc(COc2ccc(-c3ccc4c(c3)C=CC4c3ccc(-c4ccc(Br)cc4)cc3)cc2)cc1. The van der Waals surface area contributed by atoms with Crippen LogP contribution in [0.3, 0.4) is 0 Å². The molecule has 1 aliphatic rings. The number of hydrogen-bond acceptors (Lipinski definition) is 1. The lowest BCUT2D eigenvalue weighted by molar-refractivity contribution is 0.306. The molecule has 2 heteroatoms. The molecule has 38 heavy (non-hydrogen) atoms. The Labute approximate surface area is 232 Å². The zero-order valence-electron chi connectivity index (χ0n) is 21.0. The minimum Gasteiger partial charge on any atom is -0.489 e. The van der Waals surface area contributed by atoms with Crippen molar-refractivity contribution in [1.29, 1.82) is 0 Å². The Kier molecular flexibility index (Phi) is 6.81. The van der Waals surface area contributed by atoms with E-state index in [-0.39, 0.29) is 5.92 Å². The second-order valence-electron chi connectivity index (χ2n) is 9.57. The van der Waals surface area contributed by atoms with E-state index in [0.717, 1.165) is 21.3 Å². The molecule has 0 saturated carbocycles. The summed E-state index contributed by atoms with van der Waals surface area (Å²) in [6.45, 7) is 4.35. The van der Waals surface area contributed by atoms with Crippen LogP contribution in [-0.2, 0) is 6.61 Å². The molecule has 0 N–H and O–H groups in total. The summed E-state index contributed by atoms with van der Waals surface area (Å²) < 4.78 is 7.09. The third kappa shape index (κ3) is 5.14. The molecule has 5 aromatic carbocycles. The summed E-state index contributed by atoms with van der Waals surface area (Å²) in [5.74, 6) is 1.16. The maximum atomic E-state index is 6.00. The Bertz CT molecular complexity index is 1590. The third-order valence-corrected chi connectivity index (χ3v) is 7.67. The molecule has 0 heterocycles. The third-order valence-electron chi connectivity index (χ3n) is 7.15. The van der Waals surface area contributed by atoms with E-state index in [1.165, 1.54) is 38.9 Å². The van der Waals surface area contributed by atoms with Crippen molar-refractivity contribution in [2.24, 2.45) is 0 Å². The van der Waals surface area contributed by atoms with Crippen molar-refractivity contribution in [3.8, 4) is 28.0 Å². The molecule has 5 aromatic rings. The number of hydrogen-bond donors (Lipinski definition) is 0. The maximum absolute atomic E-state index is 6.00. The van der Waals surface area contributed by atoms with E-state index in [4.69, 9.17) is 4.74 Å². The zero-order valence-corrected chi connectivity index (χ0v) is 22.6. The summed E-state index contributed by atoms with van der Waals surface area (Å²) in [6.07, 6.45) is 6.41. The van der Waals surface area contributed by atoms with Crippen LogP contribution in [0.2, 0.25) is 0 Å². The highest BCUT2D eigenvalue weighted by Crippen LogP contribution is 2.38. The Morgan fingerprint density at radius 3 is 1.97 bits per heavy atom. The van der Waals surface area contributed by atoms with Crippen molar-refractivity contribution >= 4 is 28.1 Å². The number of rotatable bonds is 7. The second-order valence-corrected chi connectivity index (χ2v) is 10.5. The molecule has 6 rings (SSSR count). The molecule has 0 saturated heterocycles. The van der Waals surface area contributed by atoms with Gasteiger partial charge in [-0.1, -0.05) is 126 Å². The smallest absolute Gasteiger partial charge is 0.119 e. The van der Waals surface area contributed by atoms with Gasteiger partial charge in [-0.05, 0) is 80.4 Å². The lowest BCUT2D eigenvalue weighted by Crippen LogP contribution is -1.96. The first-order valence-electron chi connectivity index (χ1n) is 12.8. The number of fused-ring (bicyclic) bond motifs is 1. The standard InChI is InChI=1S/C36H27BrO/c1-2-25-3-5-26(6-4-25)24-38-34-19-13-29(14-20-34)31-15-21-36-32(23-31)16-22-35(36)30-9-7-27(8-10-30)28-11-17-33(37)18-12-28/h2-23,35H,1,24H2. The molecular formula is C36H27BrO. The number of halogens is 1. The molecule has 1 atom stereocenters. The summed E-state index contributed by atoms with van der Waals surface area (Å²) in [7, 11) is 0. The zero-order chi connectivity index (χ0) is 25.9. The van der Waals surface area contributed by atoms with Gasteiger partial charge in [-0.2, -0.15) is 0 Å². The molecule has 184 valence electrons. The number of ether oxygens (including phenoxy) is 1. The molecule has 0 spiro atoms. The molecular weight excluding hydrogens is 528 g/mol. The normalized spacial score (nSPS) is 13.8. The Morgan fingerprint density at radius 1 is 0.684 bits per heavy atom.